The average molecular weight is 522 g/mol. The fourth-order valence-corrected chi connectivity index (χ4v) is 4.79. The van der Waals surface area contributed by atoms with Gasteiger partial charge in [0.15, 0.2) is 0 Å². The number of hydrogen-bond donors (Lipinski definition) is 1. The third-order valence-electron chi connectivity index (χ3n) is 5.67. The summed E-state index contributed by atoms with van der Waals surface area (Å²) in [6, 6.07) is 11.6. The Morgan fingerprint density at radius 3 is 2.17 bits per heavy atom. The second kappa shape index (κ2) is 11.4. The molecule has 2 rings (SSSR count). The minimum absolute atomic E-state index is 0.135. The van der Waals surface area contributed by atoms with Crippen LogP contribution in [-0.2, 0) is 26.2 Å². The lowest BCUT2D eigenvalue weighted by atomic mass is 10.1. The molecule has 0 fully saturated rings. The summed E-state index contributed by atoms with van der Waals surface area (Å²) in [6.45, 7) is 10.9. The quantitative estimate of drug-likeness (QED) is 0.528. The van der Waals surface area contributed by atoms with E-state index in [2.05, 4.69) is 5.32 Å². The Labute approximate surface area is 214 Å². The van der Waals surface area contributed by atoms with Crippen molar-refractivity contribution in [1.29, 1.82) is 0 Å². The maximum atomic E-state index is 13.7. The molecule has 0 aliphatic heterocycles. The van der Waals surface area contributed by atoms with Gasteiger partial charge in [0.25, 0.3) is 0 Å². The van der Waals surface area contributed by atoms with Gasteiger partial charge in [-0.25, -0.2) is 8.42 Å². The van der Waals surface area contributed by atoms with E-state index in [0.29, 0.717) is 17.1 Å². The van der Waals surface area contributed by atoms with Crippen LogP contribution in [0.1, 0.15) is 50.8 Å². The third-order valence-corrected chi connectivity index (χ3v) is 7.05. The van der Waals surface area contributed by atoms with Gasteiger partial charge in [0, 0.05) is 17.1 Å². The number of nitrogens with zero attached hydrogens (tertiary/aromatic N) is 2. The van der Waals surface area contributed by atoms with Crippen molar-refractivity contribution in [2.24, 2.45) is 0 Å². The lowest BCUT2D eigenvalue weighted by Crippen LogP contribution is -2.55. The van der Waals surface area contributed by atoms with E-state index in [0.717, 1.165) is 27.3 Å². The molecule has 1 N–H and O–H groups in total. The average Bonchev–Trinajstić information content (AvgIpc) is 2.73. The topological polar surface area (TPSA) is 86.8 Å². The molecule has 0 heterocycles. The van der Waals surface area contributed by atoms with Gasteiger partial charge in [-0.2, -0.15) is 0 Å². The van der Waals surface area contributed by atoms with Crippen molar-refractivity contribution in [1.82, 2.24) is 10.2 Å². The van der Waals surface area contributed by atoms with E-state index in [1.54, 1.807) is 36.4 Å². The molecule has 2 aromatic carbocycles. The molecule has 0 radical (unpaired) electrons. The Morgan fingerprint density at radius 1 is 1.06 bits per heavy atom. The predicted octanol–water partition coefficient (Wildman–Crippen LogP) is 4.44. The lowest BCUT2D eigenvalue weighted by molar-refractivity contribution is -0.141. The summed E-state index contributed by atoms with van der Waals surface area (Å²) in [5, 5.41) is 3.50. The van der Waals surface area contributed by atoms with E-state index < -0.39 is 34.1 Å². The first-order valence-corrected chi connectivity index (χ1v) is 13.8. The molecule has 7 nitrogen and oxygen atoms in total. The van der Waals surface area contributed by atoms with Crippen LogP contribution in [0.5, 0.6) is 0 Å². The number of nitrogens with one attached hydrogen (secondary N) is 1. The first-order valence-electron chi connectivity index (χ1n) is 11.5. The molecule has 9 heteroatoms. The molecule has 2 aromatic rings. The van der Waals surface area contributed by atoms with Gasteiger partial charge in [0.1, 0.15) is 12.6 Å². The second-order valence-electron chi connectivity index (χ2n) is 9.80. The predicted molar refractivity (Wildman–Crippen MR) is 142 cm³/mol. The van der Waals surface area contributed by atoms with E-state index in [1.807, 2.05) is 47.6 Å². The van der Waals surface area contributed by atoms with Crippen LogP contribution in [0.15, 0.2) is 42.5 Å². The lowest BCUT2D eigenvalue weighted by Gasteiger charge is -2.34. The van der Waals surface area contributed by atoms with Gasteiger partial charge in [0.2, 0.25) is 21.8 Å². The number of carbonyl (C=O) groups is 2. The summed E-state index contributed by atoms with van der Waals surface area (Å²) in [5.41, 5.74) is 2.42. The van der Waals surface area contributed by atoms with Crippen LogP contribution in [0.2, 0.25) is 5.02 Å². The van der Waals surface area contributed by atoms with Crippen molar-refractivity contribution in [3.8, 4) is 0 Å². The largest absolute Gasteiger partial charge is 0.350 e. The van der Waals surface area contributed by atoms with Crippen LogP contribution in [0.25, 0.3) is 0 Å². The molecule has 0 saturated heterocycles. The monoisotopic (exact) mass is 521 g/mol. The van der Waals surface area contributed by atoms with E-state index in [9.17, 15) is 18.0 Å². The number of amides is 2. The number of carbonyl (C=O) groups excluding carboxylic acids is 2. The zero-order valence-electron chi connectivity index (χ0n) is 21.6. The molecule has 35 heavy (non-hydrogen) atoms. The summed E-state index contributed by atoms with van der Waals surface area (Å²) in [6.07, 6.45) is 1.44. The summed E-state index contributed by atoms with van der Waals surface area (Å²) >= 11 is 6.02. The summed E-state index contributed by atoms with van der Waals surface area (Å²) in [5.74, 6) is -0.762. The molecule has 0 bridgehead atoms. The number of aryl methyl sites for hydroxylation is 1. The molecule has 2 amide bonds. The minimum Gasteiger partial charge on any atom is -0.350 e. The van der Waals surface area contributed by atoms with Gasteiger partial charge in [-0.15, -0.1) is 0 Å². The van der Waals surface area contributed by atoms with E-state index in [4.69, 9.17) is 11.6 Å². The number of halogens is 1. The molecule has 192 valence electrons. The van der Waals surface area contributed by atoms with Gasteiger partial charge in [-0.3, -0.25) is 13.9 Å². The number of hydrogen-bond acceptors (Lipinski definition) is 4. The van der Waals surface area contributed by atoms with E-state index >= 15 is 0 Å². The van der Waals surface area contributed by atoms with Gasteiger partial charge in [0.05, 0.1) is 11.9 Å². The third kappa shape index (κ3) is 7.97. The highest BCUT2D eigenvalue weighted by atomic mass is 35.5. The zero-order chi connectivity index (χ0) is 26.6. The van der Waals surface area contributed by atoms with Crippen LogP contribution in [0.3, 0.4) is 0 Å². The smallest absolute Gasteiger partial charge is 0.244 e. The number of rotatable bonds is 9. The molecular weight excluding hydrogens is 486 g/mol. The van der Waals surface area contributed by atoms with Gasteiger partial charge in [-0.05, 0) is 75.9 Å². The van der Waals surface area contributed by atoms with Crippen molar-refractivity contribution in [2.75, 3.05) is 17.1 Å². The molecule has 0 aliphatic carbocycles. The fourth-order valence-electron chi connectivity index (χ4n) is 3.76. The highest BCUT2D eigenvalue weighted by Crippen LogP contribution is 2.26. The highest BCUT2D eigenvalue weighted by Gasteiger charge is 2.33. The second-order valence-corrected chi connectivity index (χ2v) is 12.1. The first kappa shape index (κ1) is 28.7. The van der Waals surface area contributed by atoms with Gasteiger partial charge in [-0.1, -0.05) is 42.8 Å². The van der Waals surface area contributed by atoms with Crippen molar-refractivity contribution >= 4 is 39.1 Å². The van der Waals surface area contributed by atoms with Gasteiger partial charge < -0.3 is 10.2 Å². The van der Waals surface area contributed by atoms with Crippen LogP contribution >= 0.6 is 11.6 Å². The maximum Gasteiger partial charge on any atom is 0.244 e. The number of sulfonamides is 1. The Morgan fingerprint density at radius 2 is 1.66 bits per heavy atom. The normalized spacial score (nSPS) is 12.7. The summed E-state index contributed by atoms with van der Waals surface area (Å²) < 4.78 is 26.7. The zero-order valence-corrected chi connectivity index (χ0v) is 23.1. The first-order chi connectivity index (χ1) is 16.1. The standard InChI is InChI=1S/C26H36ClN3O4S/c1-8-22(25(32)28-26(4,5)6)29(16-20-12-14-21(27)15-13-20)24(31)17-30(35(7,33)34)23-11-9-10-18(2)19(23)3/h9-15,22H,8,16-17H2,1-7H3,(H,28,32)/t22-/m0/s1. The fraction of sp³-hybridized carbons (Fsp3) is 0.462. The molecule has 0 aromatic heterocycles. The number of benzene rings is 2. The van der Waals surface area contributed by atoms with E-state index in [1.165, 1.54) is 4.90 Å². The SMILES string of the molecule is CC[C@@H](C(=O)NC(C)(C)C)N(Cc1ccc(Cl)cc1)C(=O)CN(c1cccc(C)c1C)S(C)(=O)=O. The highest BCUT2D eigenvalue weighted by molar-refractivity contribution is 7.92. The summed E-state index contributed by atoms with van der Waals surface area (Å²) in [4.78, 5) is 28.4. The minimum atomic E-state index is -3.78. The summed E-state index contributed by atoms with van der Waals surface area (Å²) in [7, 11) is -3.78. The molecule has 0 spiro atoms. The molecule has 0 aliphatic rings. The van der Waals surface area contributed by atoms with Crippen LogP contribution in [0.4, 0.5) is 5.69 Å². The van der Waals surface area contributed by atoms with Gasteiger partial charge >= 0.3 is 0 Å². The van der Waals surface area contributed by atoms with Crippen molar-refractivity contribution in [2.45, 2.75) is 66.1 Å². The van der Waals surface area contributed by atoms with Crippen molar-refractivity contribution in [3.05, 3.63) is 64.2 Å². The van der Waals surface area contributed by atoms with Crippen LogP contribution in [0, 0.1) is 13.8 Å². The maximum absolute atomic E-state index is 13.7. The Kier molecular flexibility index (Phi) is 9.36. The van der Waals surface area contributed by atoms with Crippen molar-refractivity contribution in [3.63, 3.8) is 0 Å². The molecule has 1 atom stereocenters. The Bertz CT molecular complexity index is 1160. The van der Waals surface area contributed by atoms with Crippen LogP contribution in [-0.4, -0.2) is 49.5 Å². The Hall–Kier alpha value is -2.58. The van der Waals surface area contributed by atoms with Crippen LogP contribution < -0.4 is 9.62 Å². The molecule has 0 saturated carbocycles. The molecular formula is C26H36ClN3O4S. The molecule has 0 unspecified atom stereocenters. The van der Waals surface area contributed by atoms with E-state index in [-0.39, 0.29) is 12.5 Å². The van der Waals surface area contributed by atoms with Crippen molar-refractivity contribution < 1.29 is 18.0 Å². The Balaban J connectivity index is 2.49. The number of anilines is 1.